The Hall–Kier alpha value is -4.75. The first-order valence-corrected chi connectivity index (χ1v) is 12.5. The normalized spacial score (nSPS) is 11.4. The molecule has 39 heavy (non-hydrogen) atoms. The largest absolute Gasteiger partial charge is 0.494 e. The summed E-state index contributed by atoms with van der Waals surface area (Å²) >= 11 is 0. The molecule has 0 unspecified atom stereocenters. The van der Waals surface area contributed by atoms with Crippen LogP contribution in [-0.2, 0) is 16.1 Å². The number of alkyl carbamates (subject to hydrolysis) is 1. The van der Waals surface area contributed by atoms with Crippen molar-refractivity contribution in [3.63, 3.8) is 0 Å². The summed E-state index contributed by atoms with van der Waals surface area (Å²) in [5, 5.41) is 27.2. The van der Waals surface area contributed by atoms with Gasteiger partial charge in [0, 0.05) is 25.7 Å². The van der Waals surface area contributed by atoms with Gasteiger partial charge in [0.25, 0.3) is 0 Å². The molecule has 3 aromatic heterocycles. The van der Waals surface area contributed by atoms with E-state index in [1.54, 1.807) is 33.9 Å². The Morgan fingerprint density at radius 1 is 1.10 bits per heavy atom. The zero-order valence-corrected chi connectivity index (χ0v) is 22.0. The zero-order valence-electron chi connectivity index (χ0n) is 22.0. The lowest BCUT2D eigenvalue weighted by atomic mass is 10.2. The Labute approximate surface area is 224 Å². The molecule has 3 heterocycles. The van der Waals surface area contributed by atoms with Crippen molar-refractivity contribution in [1.82, 2.24) is 40.1 Å². The molecule has 1 aromatic carbocycles. The van der Waals surface area contributed by atoms with Crippen LogP contribution in [0.15, 0.2) is 42.9 Å². The predicted molar refractivity (Wildman–Crippen MR) is 141 cm³/mol. The van der Waals surface area contributed by atoms with Gasteiger partial charge in [-0.2, -0.15) is 14.8 Å². The number of carbonyl (C=O) groups excluding carboxylic acids is 1. The second-order valence-corrected chi connectivity index (χ2v) is 9.64. The minimum atomic E-state index is -0.846. The fourth-order valence-corrected chi connectivity index (χ4v) is 3.48. The third kappa shape index (κ3) is 8.12. The molecule has 0 fully saturated rings. The highest BCUT2D eigenvalue weighted by Crippen LogP contribution is 2.20. The minimum Gasteiger partial charge on any atom is -0.494 e. The summed E-state index contributed by atoms with van der Waals surface area (Å²) in [6, 6.07) is 7.19. The highest BCUT2D eigenvalue weighted by molar-refractivity contribution is 5.72. The second kappa shape index (κ2) is 12.2. The molecule has 0 atom stereocenters. The predicted octanol–water partition coefficient (Wildman–Crippen LogP) is 3.31. The summed E-state index contributed by atoms with van der Waals surface area (Å²) in [5.41, 5.74) is 1.95. The van der Waals surface area contributed by atoms with E-state index in [1.165, 1.54) is 0 Å². The van der Waals surface area contributed by atoms with Crippen LogP contribution in [0.4, 0.5) is 16.4 Å². The number of carbonyl (C=O) groups is 2. The van der Waals surface area contributed by atoms with Gasteiger partial charge in [0.1, 0.15) is 11.4 Å². The Balaban J connectivity index is 1.33. The fourth-order valence-electron chi connectivity index (χ4n) is 3.48. The molecule has 0 bridgehead atoms. The van der Waals surface area contributed by atoms with Gasteiger partial charge in [-0.05, 0) is 57.9 Å². The van der Waals surface area contributed by atoms with Crippen molar-refractivity contribution in [2.24, 2.45) is 0 Å². The number of hydrogen-bond donors (Lipinski definition) is 3. The van der Waals surface area contributed by atoms with Crippen LogP contribution in [0.25, 0.3) is 16.9 Å². The van der Waals surface area contributed by atoms with E-state index in [0.29, 0.717) is 61.1 Å². The standard InChI is InChI=1S/C25H31N9O5/c1-25(2,3)39-24(37)26-11-5-12-33-16-17(14-28-33)29-23-27-15-20-22(30-23)34(32-31-20)18-7-9-19(10-8-18)38-13-4-6-21(35)36/h7-10,14-16H,4-6,11-13H2,1-3H3,(H,26,37)(H,35,36)(H,27,29,30). The van der Waals surface area contributed by atoms with E-state index >= 15 is 0 Å². The number of aryl methyl sites for hydroxylation is 1. The van der Waals surface area contributed by atoms with Gasteiger partial charge in [0.05, 0.1) is 30.4 Å². The third-order valence-corrected chi connectivity index (χ3v) is 5.20. The number of nitrogens with zero attached hydrogens (tertiary/aromatic N) is 7. The number of hydrogen-bond acceptors (Lipinski definition) is 10. The van der Waals surface area contributed by atoms with Crippen molar-refractivity contribution < 1.29 is 24.2 Å². The number of carboxylic acids is 1. The number of aromatic nitrogens is 7. The molecular weight excluding hydrogens is 506 g/mol. The van der Waals surface area contributed by atoms with E-state index in [1.807, 2.05) is 39.1 Å². The summed E-state index contributed by atoms with van der Waals surface area (Å²) in [4.78, 5) is 31.2. The van der Waals surface area contributed by atoms with Gasteiger partial charge < -0.3 is 25.2 Å². The van der Waals surface area contributed by atoms with Crippen molar-refractivity contribution >= 4 is 34.9 Å². The summed E-state index contributed by atoms with van der Waals surface area (Å²) in [6.45, 7) is 6.85. The van der Waals surface area contributed by atoms with E-state index < -0.39 is 17.7 Å². The molecule has 0 radical (unpaired) electrons. The van der Waals surface area contributed by atoms with Crippen LogP contribution < -0.4 is 15.4 Å². The van der Waals surface area contributed by atoms with Gasteiger partial charge in [-0.15, -0.1) is 5.10 Å². The first-order valence-electron chi connectivity index (χ1n) is 12.5. The van der Waals surface area contributed by atoms with E-state index in [9.17, 15) is 9.59 Å². The molecule has 4 rings (SSSR count). The smallest absolute Gasteiger partial charge is 0.407 e. The topological polar surface area (TPSA) is 171 Å². The Bertz CT molecular complexity index is 1410. The number of benzene rings is 1. The van der Waals surface area contributed by atoms with E-state index in [0.717, 1.165) is 5.69 Å². The van der Waals surface area contributed by atoms with Gasteiger partial charge in [-0.25, -0.2) is 9.78 Å². The van der Waals surface area contributed by atoms with Crippen LogP contribution >= 0.6 is 0 Å². The minimum absolute atomic E-state index is 0.0627. The van der Waals surface area contributed by atoms with Crippen molar-refractivity contribution in [1.29, 1.82) is 0 Å². The molecule has 1 amide bonds. The SMILES string of the molecule is CC(C)(C)OC(=O)NCCCn1cc(Nc2ncc3nnn(-c4ccc(OCCCC(=O)O)cc4)c3n2)cn1. The first-order chi connectivity index (χ1) is 18.7. The van der Waals surface area contributed by atoms with Crippen molar-refractivity contribution in [2.75, 3.05) is 18.5 Å². The van der Waals surface area contributed by atoms with Crippen LogP contribution in [0.5, 0.6) is 5.75 Å². The number of amides is 1. The summed E-state index contributed by atoms with van der Waals surface area (Å²) in [7, 11) is 0. The molecule has 14 heteroatoms. The maximum Gasteiger partial charge on any atom is 0.407 e. The van der Waals surface area contributed by atoms with Crippen molar-refractivity contribution in [2.45, 2.75) is 52.2 Å². The molecule has 4 aromatic rings. The summed E-state index contributed by atoms with van der Waals surface area (Å²) in [6.07, 6.45) is 5.81. The van der Waals surface area contributed by atoms with Crippen LogP contribution in [0.2, 0.25) is 0 Å². The molecule has 14 nitrogen and oxygen atoms in total. The Morgan fingerprint density at radius 3 is 2.64 bits per heavy atom. The molecule has 3 N–H and O–H groups in total. The molecular formula is C25H31N9O5. The Kier molecular flexibility index (Phi) is 8.53. The molecule has 0 saturated heterocycles. The first kappa shape index (κ1) is 27.3. The number of fused-ring (bicyclic) bond motifs is 1. The van der Waals surface area contributed by atoms with Gasteiger partial charge in [0.2, 0.25) is 5.95 Å². The van der Waals surface area contributed by atoms with Crippen molar-refractivity contribution in [3.8, 4) is 11.4 Å². The number of aliphatic carboxylic acids is 1. The quantitative estimate of drug-likeness (QED) is 0.226. The van der Waals surface area contributed by atoms with E-state index in [2.05, 4.69) is 36.0 Å². The van der Waals surface area contributed by atoms with Gasteiger partial charge in [0.15, 0.2) is 11.2 Å². The number of carboxylic acid groups (broad SMARTS) is 1. The highest BCUT2D eigenvalue weighted by Gasteiger charge is 2.15. The lowest BCUT2D eigenvalue weighted by Crippen LogP contribution is -2.33. The van der Waals surface area contributed by atoms with Gasteiger partial charge in [-0.3, -0.25) is 9.48 Å². The van der Waals surface area contributed by atoms with Crippen LogP contribution in [0.1, 0.15) is 40.0 Å². The molecule has 0 aliphatic carbocycles. The van der Waals surface area contributed by atoms with Gasteiger partial charge in [-0.1, -0.05) is 5.21 Å². The molecule has 0 spiro atoms. The fraction of sp³-hybridized carbons (Fsp3) is 0.400. The summed E-state index contributed by atoms with van der Waals surface area (Å²) < 4.78 is 14.2. The molecule has 0 saturated carbocycles. The zero-order chi connectivity index (χ0) is 27.8. The Morgan fingerprint density at radius 2 is 1.90 bits per heavy atom. The lowest BCUT2D eigenvalue weighted by Gasteiger charge is -2.19. The average Bonchev–Trinajstić information content (AvgIpc) is 3.50. The maximum atomic E-state index is 11.7. The number of nitrogens with one attached hydrogen (secondary N) is 2. The molecule has 206 valence electrons. The summed E-state index contributed by atoms with van der Waals surface area (Å²) in [5.74, 6) is 0.139. The molecule has 0 aliphatic rings. The number of rotatable bonds is 12. The monoisotopic (exact) mass is 537 g/mol. The maximum absolute atomic E-state index is 11.7. The van der Waals surface area contributed by atoms with Crippen LogP contribution in [0, 0.1) is 0 Å². The van der Waals surface area contributed by atoms with Crippen LogP contribution in [0.3, 0.4) is 0 Å². The van der Waals surface area contributed by atoms with Gasteiger partial charge >= 0.3 is 12.1 Å². The average molecular weight is 538 g/mol. The van der Waals surface area contributed by atoms with Crippen molar-refractivity contribution in [3.05, 3.63) is 42.9 Å². The number of anilines is 2. The molecule has 0 aliphatic heterocycles. The highest BCUT2D eigenvalue weighted by atomic mass is 16.6. The van der Waals surface area contributed by atoms with E-state index in [4.69, 9.17) is 14.6 Å². The number of ether oxygens (including phenoxy) is 2. The van der Waals surface area contributed by atoms with E-state index in [-0.39, 0.29) is 6.42 Å². The lowest BCUT2D eigenvalue weighted by molar-refractivity contribution is -0.137. The second-order valence-electron chi connectivity index (χ2n) is 9.64. The van der Waals surface area contributed by atoms with Crippen LogP contribution in [-0.4, -0.2) is 70.7 Å². The third-order valence-electron chi connectivity index (χ3n) is 5.20.